The Morgan fingerprint density at radius 1 is 0.971 bits per heavy atom. The average molecular weight is 491 g/mol. The highest BCUT2D eigenvalue weighted by molar-refractivity contribution is 7.89. The SMILES string of the molecule is CCCOc1ccc(NC(=O)c2ccc(S(=O)(=O)N3CC(C)OC(C)C3)cc2)cc1OCCC. The zero-order valence-corrected chi connectivity index (χ0v) is 21.1. The normalized spacial score (nSPS) is 18.9. The molecule has 8 nitrogen and oxygen atoms in total. The molecule has 1 aliphatic rings. The van der Waals surface area contributed by atoms with Gasteiger partial charge in [-0.1, -0.05) is 13.8 Å². The first kappa shape index (κ1) is 26.0. The Hall–Kier alpha value is -2.62. The lowest BCUT2D eigenvalue weighted by molar-refractivity contribution is -0.0440. The molecule has 2 aromatic carbocycles. The number of rotatable bonds is 10. The molecule has 1 fully saturated rings. The van der Waals surface area contributed by atoms with Gasteiger partial charge < -0.3 is 19.5 Å². The van der Waals surface area contributed by atoms with Crippen molar-refractivity contribution < 1.29 is 27.4 Å². The predicted molar refractivity (Wildman–Crippen MR) is 131 cm³/mol. The smallest absolute Gasteiger partial charge is 0.255 e. The first-order valence-corrected chi connectivity index (χ1v) is 13.1. The number of nitrogens with one attached hydrogen (secondary N) is 1. The van der Waals surface area contributed by atoms with Crippen LogP contribution in [0.3, 0.4) is 0 Å². The van der Waals surface area contributed by atoms with E-state index in [1.165, 1.54) is 28.6 Å². The summed E-state index contributed by atoms with van der Waals surface area (Å²) >= 11 is 0. The molecule has 2 unspecified atom stereocenters. The Morgan fingerprint density at radius 3 is 2.15 bits per heavy atom. The van der Waals surface area contributed by atoms with Gasteiger partial charge in [0.25, 0.3) is 5.91 Å². The van der Waals surface area contributed by atoms with Gasteiger partial charge in [-0.05, 0) is 63.1 Å². The van der Waals surface area contributed by atoms with Gasteiger partial charge in [-0.2, -0.15) is 4.31 Å². The summed E-state index contributed by atoms with van der Waals surface area (Å²) in [5, 5.41) is 2.84. The molecule has 0 bridgehead atoms. The topological polar surface area (TPSA) is 94.2 Å². The van der Waals surface area contributed by atoms with E-state index in [9.17, 15) is 13.2 Å². The van der Waals surface area contributed by atoms with Crippen molar-refractivity contribution in [2.75, 3.05) is 31.6 Å². The van der Waals surface area contributed by atoms with Gasteiger partial charge in [0, 0.05) is 30.4 Å². The molecule has 0 aromatic heterocycles. The minimum Gasteiger partial charge on any atom is -0.490 e. The molecule has 1 amide bonds. The van der Waals surface area contributed by atoms with Crippen molar-refractivity contribution >= 4 is 21.6 Å². The molecule has 0 spiro atoms. The van der Waals surface area contributed by atoms with Crippen molar-refractivity contribution in [2.24, 2.45) is 0 Å². The molecular formula is C25H34N2O6S. The van der Waals surface area contributed by atoms with Crippen LogP contribution in [0.2, 0.25) is 0 Å². The van der Waals surface area contributed by atoms with Crippen LogP contribution in [-0.4, -0.2) is 57.1 Å². The molecule has 1 saturated heterocycles. The highest BCUT2D eigenvalue weighted by Crippen LogP contribution is 2.31. The molecule has 186 valence electrons. The van der Waals surface area contributed by atoms with E-state index in [-0.39, 0.29) is 23.0 Å². The van der Waals surface area contributed by atoms with E-state index in [2.05, 4.69) is 5.32 Å². The zero-order valence-electron chi connectivity index (χ0n) is 20.2. The maximum Gasteiger partial charge on any atom is 0.255 e. The maximum atomic E-state index is 13.0. The lowest BCUT2D eigenvalue weighted by Gasteiger charge is -2.34. The first-order chi connectivity index (χ1) is 16.2. The van der Waals surface area contributed by atoms with Crippen molar-refractivity contribution in [3.8, 4) is 11.5 Å². The van der Waals surface area contributed by atoms with Crippen LogP contribution in [-0.2, 0) is 14.8 Å². The Morgan fingerprint density at radius 2 is 1.56 bits per heavy atom. The minimum absolute atomic E-state index is 0.151. The van der Waals surface area contributed by atoms with Gasteiger partial charge in [0.1, 0.15) is 0 Å². The quantitative estimate of drug-likeness (QED) is 0.533. The Kier molecular flexibility index (Phi) is 8.93. The molecule has 1 aliphatic heterocycles. The van der Waals surface area contributed by atoms with Gasteiger partial charge in [-0.15, -0.1) is 0 Å². The molecule has 9 heteroatoms. The number of nitrogens with zero attached hydrogens (tertiary/aromatic N) is 1. The molecule has 0 radical (unpaired) electrons. The number of amides is 1. The number of carbonyl (C=O) groups excluding carboxylic acids is 1. The van der Waals surface area contributed by atoms with Crippen LogP contribution < -0.4 is 14.8 Å². The van der Waals surface area contributed by atoms with Gasteiger partial charge in [0.05, 0.1) is 30.3 Å². The summed E-state index contributed by atoms with van der Waals surface area (Å²) in [6, 6.07) is 11.2. The third-order valence-corrected chi connectivity index (χ3v) is 7.11. The molecular weight excluding hydrogens is 456 g/mol. The number of ether oxygens (including phenoxy) is 3. The third kappa shape index (κ3) is 6.49. The highest BCUT2D eigenvalue weighted by atomic mass is 32.2. The summed E-state index contributed by atoms with van der Waals surface area (Å²) in [6.07, 6.45) is 1.38. The molecule has 2 aromatic rings. The fourth-order valence-electron chi connectivity index (χ4n) is 3.70. The molecule has 0 saturated carbocycles. The lowest BCUT2D eigenvalue weighted by atomic mass is 10.2. The van der Waals surface area contributed by atoms with E-state index in [1.807, 2.05) is 27.7 Å². The van der Waals surface area contributed by atoms with E-state index in [0.717, 1.165) is 12.8 Å². The van der Waals surface area contributed by atoms with Crippen LogP contribution in [0.1, 0.15) is 50.9 Å². The summed E-state index contributed by atoms with van der Waals surface area (Å²) in [7, 11) is -3.67. The van der Waals surface area contributed by atoms with E-state index in [4.69, 9.17) is 14.2 Å². The summed E-state index contributed by atoms with van der Waals surface area (Å²) in [6.45, 7) is 9.47. The van der Waals surface area contributed by atoms with E-state index < -0.39 is 10.0 Å². The maximum absolute atomic E-state index is 13.0. The fourth-order valence-corrected chi connectivity index (χ4v) is 5.29. The predicted octanol–water partition coefficient (Wildman–Crippen LogP) is 4.31. The second-order valence-electron chi connectivity index (χ2n) is 8.42. The van der Waals surface area contributed by atoms with Crippen LogP contribution in [0.15, 0.2) is 47.4 Å². The Bertz CT molecular complexity index is 1060. The molecule has 34 heavy (non-hydrogen) atoms. The first-order valence-electron chi connectivity index (χ1n) is 11.7. The van der Waals surface area contributed by atoms with E-state index in [0.29, 0.717) is 49.1 Å². The van der Waals surface area contributed by atoms with Crippen molar-refractivity contribution in [3.05, 3.63) is 48.0 Å². The zero-order chi connectivity index (χ0) is 24.7. The van der Waals surface area contributed by atoms with Crippen molar-refractivity contribution in [1.29, 1.82) is 0 Å². The fraction of sp³-hybridized carbons (Fsp3) is 0.480. The Balaban J connectivity index is 1.72. The molecule has 1 heterocycles. The van der Waals surface area contributed by atoms with Crippen LogP contribution >= 0.6 is 0 Å². The summed E-state index contributed by atoms with van der Waals surface area (Å²) in [5.74, 6) is 0.861. The van der Waals surface area contributed by atoms with Crippen LogP contribution in [0.5, 0.6) is 11.5 Å². The van der Waals surface area contributed by atoms with Crippen molar-refractivity contribution in [1.82, 2.24) is 4.31 Å². The average Bonchev–Trinajstić information content (AvgIpc) is 2.81. The van der Waals surface area contributed by atoms with Gasteiger partial charge in [0.2, 0.25) is 10.0 Å². The highest BCUT2D eigenvalue weighted by Gasteiger charge is 2.32. The monoisotopic (exact) mass is 490 g/mol. The van der Waals surface area contributed by atoms with Crippen LogP contribution in [0.4, 0.5) is 5.69 Å². The number of carbonyl (C=O) groups is 1. The number of hydrogen-bond donors (Lipinski definition) is 1. The summed E-state index contributed by atoms with van der Waals surface area (Å²) in [5.41, 5.74) is 0.915. The number of anilines is 1. The van der Waals surface area contributed by atoms with Gasteiger partial charge in [0.15, 0.2) is 11.5 Å². The molecule has 2 atom stereocenters. The minimum atomic E-state index is -3.67. The number of benzene rings is 2. The molecule has 0 aliphatic carbocycles. The summed E-state index contributed by atoms with van der Waals surface area (Å²) in [4.78, 5) is 12.9. The third-order valence-electron chi connectivity index (χ3n) is 5.27. The molecule has 3 rings (SSSR count). The lowest BCUT2D eigenvalue weighted by Crippen LogP contribution is -2.48. The van der Waals surface area contributed by atoms with E-state index >= 15 is 0 Å². The molecule has 1 N–H and O–H groups in total. The van der Waals surface area contributed by atoms with Crippen molar-refractivity contribution in [2.45, 2.75) is 57.6 Å². The van der Waals surface area contributed by atoms with Gasteiger partial charge in [-0.25, -0.2) is 8.42 Å². The standard InChI is InChI=1S/C25H34N2O6S/c1-5-13-31-23-12-9-21(15-24(23)32-14-6-2)26-25(28)20-7-10-22(11-8-20)34(29,30)27-16-18(3)33-19(4)17-27/h7-12,15,18-19H,5-6,13-14,16-17H2,1-4H3,(H,26,28). The Labute approximate surface area is 202 Å². The van der Waals surface area contributed by atoms with Crippen LogP contribution in [0.25, 0.3) is 0 Å². The largest absolute Gasteiger partial charge is 0.490 e. The second-order valence-corrected chi connectivity index (χ2v) is 10.4. The second kappa shape index (κ2) is 11.7. The van der Waals surface area contributed by atoms with E-state index in [1.54, 1.807) is 18.2 Å². The van der Waals surface area contributed by atoms with Crippen molar-refractivity contribution in [3.63, 3.8) is 0 Å². The van der Waals surface area contributed by atoms with Gasteiger partial charge in [-0.3, -0.25) is 4.79 Å². The van der Waals surface area contributed by atoms with Crippen LogP contribution in [0, 0.1) is 0 Å². The number of sulfonamides is 1. The number of hydrogen-bond acceptors (Lipinski definition) is 6. The summed E-state index contributed by atoms with van der Waals surface area (Å²) < 4.78 is 44.6. The van der Waals surface area contributed by atoms with Gasteiger partial charge >= 0.3 is 0 Å². The number of morpholine rings is 1.